The van der Waals surface area contributed by atoms with E-state index in [9.17, 15) is 0 Å². The van der Waals surface area contributed by atoms with Crippen molar-refractivity contribution < 1.29 is 9.84 Å². The molecule has 1 N–H and O–H groups in total. The van der Waals surface area contributed by atoms with Gasteiger partial charge in [-0.1, -0.05) is 41.2 Å². The summed E-state index contributed by atoms with van der Waals surface area (Å²) in [5.41, 5.74) is 4.40. The summed E-state index contributed by atoms with van der Waals surface area (Å²) in [6.45, 7) is 4.74. The summed E-state index contributed by atoms with van der Waals surface area (Å²) in [5.74, 6) is 6.52. The lowest BCUT2D eigenvalue weighted by Crippen LogP contribution is -1.97. The monoisotopic (exact) mass is 281 g/mol. The van der Waals surface area contributed by atoms with Crippen LogP contribution < -0.4 is 4.74 Å². The number of aliphatic hydroxyl groups excluding tert-OH is 1. The average Bonchev–Trinajstić information content (AvgIpc) is 2.45. The minimum atomic E-state index is 0.0727. The fraction of sp³-hybridized carbons (Fsp3) is 0.278. The van der Waals surface area contributed by atoms with Crippen LogP contribution in [0.1, 0.15) is 28.7 Å². The Morgan fingerprint density at radius 2 is 1.86 bits per heavy atom. The molecular formula is C18H19NO2. The first-order valence-corrected chi connectivity index (χ1v) is 6.92. The zero-order valence-corrected chi connectivity index (χ0v) is 12.4. The minimum absolute atomic E-state index is 0.0727. The van der Waals surface area contributed by atoms with Crippen LogP contribution in [0.3, 0.4) is 0 Å². The number of aliphatic hydroxyl groups is 1. The number of pyridine rings is 1. The molecule has 0 amide bonds. The first-order valence-electron chi connectivity index (χ1n) is 6.92. The second-order valence-electron chi connectivity index (χ2n) is 4.97. The Morgan fingerprint density at radius 1 is 1.10 bits per heavy atom. The van der Waals surface area contributed by atoms with E-state index in [4.69, 9.17) is 9.84 Å². The predicted molar refractivity (Wildman–Crippen MR) is 83.1 cm³/mol. The summed E-state index contributed by atoms with van der Waals surface area (Å²) < 4.78 is 5.77. The van der Waals surface area contributed by atoms with E-state index in [-0.39, 0.29) is 6.61 Å². The van der Waals surface area contributed by atoms with Crippen LogP contribution in [-0.2, 0) is 6.61 Å². The molecule has 0 saturated heterocycles. The van der Waals surface area contributed by atoms with Crippen molar-refractivity contribution in [2.75, 3.05) is 6.61 Å². The van der Waals surface area contributed by atoms with Crippen LogP contribution in [0.15, 0.2) is 36.7 Å². The summed E-state index contributed by atoms with van der Waals surface area (Å²) in [4.78, 5) is 4.12. The van der Waals surface area contributed by atoms with Gasteiger partial charge in [0.2, 0.25) is 0 Å². The van der Waals surface area contributed by atoms with E-state index in [0.29, 0.717) is 18.8 Å². The number of aryl methyl sites for hydroxylation is 2. The summed E-state index contributed by atoms with van der Waals surface area (Å²) in [6.07, 6.45) is 3.83. The van der Waals surface area contributed by atoms with Gasteiger partial charge in [0.1, 0.15) is 12.4 Å². The molecule has 0 unspecified atom stereocenters. The maximum Gasteiger partial charge on any atom is 0.139 e. The third-order valence-corrected chi connectivity index (χ3v) is 2.87. The molecule has 0 atom stereocenters. The van der Waals surface area contributed by atoms with Crippen molar-refractivity contribution in [3.63, 3.8) is 0 Å². The number of hydrogen-bond donors (Lipinski definition) is 1. The summed E-state index contributed by atoms with van der Waals surface area (Å²) in [7, 11) is 0. The molecule has 2 aromatic rings. The van der Waals surface area contributed by atoms with Crippen LogP contribution in [0, 0.1) is 25.7 Å². The highest BCUT2D eigenvalue weighted by Gasteiger charge is 1.99. The lowest BCUT2D eigenvalue weighted by atomic mass is 10.1. The van der Waals surface area contributed by atoms with E-state index in [1.165, 1.54) is 11.1 Å². The Morgan fingerprint density at radius 3 is 2.57 bits per heavy atom. The van der Waals surface area contributed by atoms with Crippen LogP contribution in [0.25, 0.3) is 0 Å². The van der Waals surface area contributed by atoms with Crippen molar-refractivity contribution in [2.24, 2.45) is 0 Å². The standard InChI is InChI=1S/C18H19NO2/c1-14-7-15(2)9-17(8-14)13-21-18-10-16(11-19-12-18)5-3-4-6-20/h7-12,20H,4,6,13H2,1-2H3. The number of benzene rings is 1. The molecular weight excluding hydrogens is 262 g/mol. The van der Waals surface area contributed by atoms with Crippen molar-refractivity contribution in [1.82, 2.24) is 4.98 Å². The molecule has 0 spiro atoms. The van der Waals surface area contributed by atoms with Crippen LogP contribution in [0.5, 0.6) is 5.75 Å². The Labute approximate surface area is 125 Å². The van der Waals surface area contributed by atoms with Crippen LogP contribution in [0.2, 0.25) is 0 Å². The van der Waals surface area contributed by atoms with E-state index in [2.05, 4.69) is 48.9 Å². The SMILES string of the molecule is Cc1cc(C)cc(COc2cncc(C#CCCO)c2)c1. The van der Waals surface area contributed by atoms with Gasteiger partial charge >= 0.3 is 0 Å². The fourth-order valence-corrected chi connectivity index (χ4v) is 2.11. The van der Waals surface area contributed by atoms with Gasteiger partial charge in [-0.25, -0.2) is 0 Å². The molecule has 108 valence electrons. The molecule has 0 aliphatic carbocycles. The van der Waals surface area contributed by atoms with Gasteiger partial charge in [0.05, 0.1) is 12.8 Å². The van der Waals surface area contributed by atoms with Gasteiger partial charge in [0.15, 0.2) is 0 Å². The average molecular weight is 281 g/mol. The molecule has 0 bridgehead atoms. The molecule has 2 rings (SSSR count). The lowest BCUT2D eigenvalue weighted by molar-refractivity contribution is 0.304. The van der Waals surface area contributed by atoms with Crippen molar-refractivity contribution in [1.29, 1.82) is 0 Å². The summed E-state index contributed by atoms with van der Waals surface area (Å²) in [6, 6.07) is 8.24. The topological polar surface area (TPSA) is 42.4 Å². The Hall–Kier alpha value is -2.31. The second kappa shape index (κ2) is 7.47. The molecule has 0 radical (unpaired) electrons. The summed E-state index contributed by atoms with van der Waals surface area (Å²) in [5, 5.41) is 8.71. The molecule has 1 aromatic heterocycles. The highest BCUT2D eigenvalue weighted by molar-refractivity contribution is 5.37. The van der Waals surface area contributed by atoms with E-state index >= 15 is 0 Å². The Balaban J connectivity index is 2.03. The minimum Gasteiger partial charge on any atom is -0.487 e. The van der Waals surface area contributed by atoms with E-state index in [0.717, 1.165) is 11.1 Å². The lowest BCUT2D eigenvalue weighted by Gasteiger charge is -2.08. The zero-order valence-electron chi connectivity index (χ0n) is 12.4. The van der Waals surface area contributed by atoms with Crippen molar-refractivity contribution in [3.8, 4) is 17.6 Å². The molecule has 0 aliphatic heterocycles. The maximum atomic E-state index is 8.71. The van der Waals surface area contributed by atoms with E-state index in [1.54, 1.807) is 12.4 Å². The van der Waals surface area contributed by atoms with E-state index < -0.39 is 0 Å². The van der Waals surface area contributed by atoms with E-state index in [1.807, 2.05) is 6.07 Å². The number of ether oxygens (including phenoxy) is 1. The van der Waals surface area contributed by atoms with Crippen LogP contribution >= 0.6 is 0 Å². The van der Waals surface area contributed by atoms with Gasteiger partial charge in [0.25, 0.3) is 0 Å². The van der Waals surface area contributed by atoms with Crippen LogP contribution in [0.4, 0.5) is 0 Å². The third-order valence-electron chi connectivity index (χ3n) is 2.87. The molecule has 3 nitrogen and oxygen atoms in total. The first-order chi connectivity index (χ1) is 10.2. The highest BCUT2D eigenvalue weighted by Crippen LogP contribution is 2.15. The number of rotatable bonds is 4. The van der Waals surface area contributed by atoms with Gasteiger partial charge in [-0.05, 0) is 25.5 Å². The smallest absolute Gasteiger partial charge is 0.139 e. The number of aromatic nitrogens is 1. The first kappa shape index (κ1) is 15.1. The van der Waals surface area contributed by atoms with Gasteiger partial charge in [-0.15, -0.1) is 0 Å². The maximum absolute atomic E-state index is 8.71. The van der Waals surface area contributed by atoms with Crippen molar-refractivity contribution in [2.45, 2.75) is 26.9 Å². The van der Waals surface area contributed by atoms with Gasteiger partial charge in [-0.3, -0.25) is 4.98 Å². The van der Waals surface area contributed by atoms with Crippen molar-refractivity contribution >= 4 is 0 Å². The second-order valence-corrected chi connectivity index (χ2v) is 4.97. The molecule has 21 heavy (non-hydrogen) atoms. The predicted octanol–water partition coefficient (Wildman–Crippen LogP) is 3.01. The number of nitrogens with zero attached hydrogens (tertiary/aromatic N) is 1. The summed E-state index contributed by atoms with van der Waals surface area (Å²) >= 11 is 0. The molecule has 0 fully saturated rings. The largest absolute Gasteiger partial charge is 0.487 e. The molecule has 1 aromatic carbocycles. The normalized spacial score (nSPS) is 9.86. The fourth-order valence-electron chi connectivity index (χ4n) is 2.11. The highest BCUT2D eigenvalue weighted by atomic mass is 16.5. The molecule has 1 heterocycles. The molecule has 0 saturated carbocycles. The van der Waals surface area contributed by atoms with Crippen LogP contribution in [-0.4, -0.2) is 16.7 Å². The van der Waals surface area contributed by atoms with Gasteiger partial charge < -0.3 is 9.84 Å². The number of hydrogen-bond acceptors (Lipinski definition) is 3. The Kier molecular flexibility index (Phi) is 5.36. The quantitative estimate of drug-likeness (QED) is 0.876. The molecule has 3 heteroatoms. The third kappa shape index (κ3) is 4.94. The zero-order chi connectivity index (χ0) is 15.1. The molecule has 0 aliphatic rings. The van der Waals surface area contributed by atoms with Crippen molar-refractivity contribution in [3.05, 3.63) is 58.9 Å². The Bertz CT molecular complexity index is 648. The van der Waals surface area contributed by atoms with Gasteiger partial charge in [-0.2, -0.15) is 0 Å². The van der Waals surface area contributed by atoms with Gasteiger partial charge in [0, 0.05) is 18.2 Å².